The summed E-state index contributed by atoms with van der Waals surface area (Å²) >= 11 is 1.76. The van der Waals surface area contributed by atoms with E-state index in [1.165, 1.54) is 10.6 Å². The zero-order valence-electron chi connectivity index (χ0n) is 10.8. The molecule has 0 aliphatic carbocycles. The molecule has 2 aliphatic rings. The van der Waals surface area contributed by atoms with Crippen molar-refractivity contribution in [3.8, 4) is 0 Å². The van der Waals surface area contributed by atoms with E-state index in [1.54, 1.807) is 11.8 Å². The van der Waals surface area contributed by atoms with Gasteiger partial charge in [-0.15, -0.1) is 0 Å². The quantitative estimate of drug-likeness (QED) is 0.788. The number of nitrogens with zero attached hydrogens (tertiary/aromatic N) is 1. The van der Waals surface area contributed by atoms with Gasteiger partial charge < -0.3 is 0 Å². The van der Waals surface area contributed by atoms with E-state index < -0.39 is 10.0 Å². The predicted molar refractivity (Wildman–Crippen MR) is 74.2 cm³/mol. The number of thioether (sulfide) groups is 1. The Hall–Kier alpha value is -0.0700. The van der Waals surface area contributed by atoms with E-state index in [1.807, 2.05) is 0 Å². The maximum absolute atomic E-state index is 12.1. The molecule has 2 saturated heterocycles. The van der Waals surface area contributed by atoms with Crippen molar-refractivity contribution < 1.29 is 13.2 Å². The lowest BCUT2D eigenvalue weighted by molar-refractivity contribution is -0.119. The molecular formula is C12H21NO3S2. The van der Waals surface area contributed by atoms with Crippen LogP contribution in [0.25, 0.3) is 0 Å². The maximum atomic E-state index is 12.1. The second-order valence-corrected chi connectivity index (χ2v) is 8.59. The van der Waals surface area contributed by atoms with Gasteiger partial charge in [0.2, 0.25) is 10.0 Å². The smallest absolute Gasteiger partial charge is 0.211 e. The van der Waals surface area contributed by atoms with E-state index in [-0.39, 0.29) is 11.2 Å². The SMILES string of the molecule is CS(=O)(=O)N1CCCC(CC(=O)C2CCCS2)C1. The monoisotopic (exact) mass is 291 g/mol. The molecule has 18 heavy (non-hydrogen) atoms. The molecule has 2 heterocycles. The van der Waals surface area contributed by atoms with E-state index in [9.17, 15) is 13.2 Å². The van der Waals surface area contributed by atoms with E-state index in [0.29, 0.717) is 25.3 Å². The third-order valence-electron chi connectivity index (χ3n) is 3.73. The topological polar surface area (TPSA) is 54.5 Å². The summed E-state index contributed by atoms with van der Waals surface area (Å²) in [6.45, 7) is 1.14. The summed E-state index contributed by atoms with van der Waals surface area (Å²) in [5, 5.41) is 0.179. The molecule has 104 valence electrons. The summed E-state index contributed by atoms with van der Waals surface area (Å²) in [5.74, 6) is 1.65. The van der Waals surface area contributed by atoms with Crippen molar-refractivity contribution in [2.24, 2.45) is 5.92 Å². The van der Waals surface area contributed by atoms with E-state index >= 15 is 0 Å². The van der Waals surface area contributed by atoms with E-state index in [2.05, 4.69) is 0 Å². The molecule has 0 bridgehead atoms. The minimum atomic E-state index is -3.10. The lowest BCUT2D eigenvalue weighted by atomic mass is 9.92. The fourth-order valence-electron chi connectivity index (χ4n) is 2.74. The fourth-order valence-corrected chi connectivity index (χ4v) is 4.92. The lowest BCUT2D eigenvalue weighted by Crippen LogP contribution is -2.40. The number of hydrogen-bond donors (Lipinski definition) is 0. The molecule has 0 N–H and O–H groups in total. The van der Waals surface area contributed by atoms with Crippen molar-refractivity contribution in [3.63, 3.8) is 0 Å². The first-order chi connectivity index (χ1) is 8.47. The first-order valence-corrected chi connectivity index (χ1v) is 9.46. The second kappa shape index (κ2) is 5.92. The standard InChI is InChI=1S/C12H21NO3S2/c1-18(15,16)13-6-2-4-10(9-13)8-11(14)12-5-3-7-17-12/h10,12H,2-9H2,1H3. The summed E-state index contributed by atoms with van der Waals surface area (Å²) < 4.78 is 24.5. The van der Waals surface area contributed by atoms with Gasteiger partial charge in [0, 0.05) is 19.5 Å². The highest BCUT2D eigenvalue weighted by Gasteiger charge is 2.30. The molecule has 0 spiro atoms. The number of piperidine rings is 1. The molecule has 0 aromatic carbocycles. The van der Waals surface area contributed by atoms with Gasteiger partial charge in [0.05, 0.1) is 11.5 Å². The Morgan fingerprint density at radius 1 is 1.33 bits per heavy atom. The number of sulfonamides is 1. The van der Waals surface area contributed by atoms with Crippen LogP contribution in [0, 0.1) is 5.92 Å². The largest absolute Gasteiger partial charge is 0.298 e. The maximum Gasteiger partial charge on any atom is 0.211 e. The highest BCUT2D eigenvalue weighted by Crippen LogP contribution is 2.30. The number of rotatable bonds is 4. The minimum Gasteiger partial charge on any atom is -0.298 e. The van der Waals surface area contributed by atoms with Crippen LogP contribution in [0.2, 0.25) is 0 Å². The zero-order chi connectivity index (χ0) is 13.2. The highest BCUT2D eigenvalue weighted by molar-refractivity contribution is 8.00. The first kappa shape index (κ1) is 14.3. The Bertz CT molecular complexity index is 402. The average molecular weight is 291 g/mol. The van der Waals surface area contributed by atoms with Crippen LogP contribution >= 0.6 is 11.8 Å². The van der Waals surface area contributed by atoms with Crippen LogP contribution in [-0.2, 0) is 14.8 Å². The Balaban J connectivity index is 1.87. The van der Waals surface area contributed by atoms with Crippen LogP contribution in [-0.4, -0.2) is 48.9 Å². The van der Waals surface area contributed by atoms with Gasteiger partial charge in [-0.2, -0.15) is 11.8 Å². The first-order valence-electron chi connectivity index (χ1n) is 6.56. The van der Waals surface area contributed by atoms with E-state index in [4.69, 9.17) is 0 Å². The molecule has 2 unspecified atom stereocenters. The number of carbonyl (C=O) groups excluding carboxylic acids is 1. The molecular weight excluding hydrogens is 270 g/mol. The van der Waals surface area contributed by atoms with Crippen LogP contribution in [0.15, 0.2) is 0 Å². The Labute approximate surface area is 114 Å². The van der Waals surface area contributed by atoms with Crippen LogP contribution in [0.3, 0.4) is 0 Å². The van der Waals surface area contributed by atoms with Crippen molar-refractivity contribution >= 4 is 27.6 Å². The van der Waals surface area contributed by atoms with Gasteiger partial charge in [0.1, 0.15) is 5.78 Å². The van der Waals surface area contributed by atoms with Gasteiger partial charge >= 0.3 is 0 Å². The van der Waals surface area contributed by atoms with Crippen LogP contribution in [0.5, 0.6) is 0 Å². The fraction of sp³-hybridized carbons (Fsp3) is 0.917. The van der Waals surface area contributed by atoms with Gasteiger partial charge in [-0.3, -0.25) is 4.79 Å². The molecule has 0 aromatic heterocycles. The summed E-state index contributed by atoms with van der Waals surface area (Å²) in [5.41, 5.74) is 0. The summed E-state index contributed by atoms with van der Waals surface area (Å²) in [6, 6.07) is 0. The molecule has 6 heteroatoms. The summed E-state index contributed by atoms with van der Waals surface area (Å²) in [7, 11) is -3.10. The summed E-state index contributed by atoms with van der Waals surface area (Å²) in [6.07, 6.45) is 5.82. The Morgan fingerprint density at radius 2 is 2.11 bits per heavy atom. The van der Waals surface area contributed by atoms with Crippen molar-refractivity contribution in [1.82, 2.24) is 4.31 Å². The molecule has 0 amide bonds. The van der Waals surface area contributed by atoms with Crippen molar-refractivity contribution in [1.29, 1.82) is 0 Å². The molecule has 2 atom stereocenters. The average Bonchev–Trinajstić information content (AvgIpc) is 2.81. The predicted octanol–water partition coefficient (Wildman–Crippen LogP) is 1.51. The second-order valence-electron chi connectivity index (χ2n) is 5.30. The summed E-state index contributed by atoms with van der Waals surface area (Å²) in [4.78, 5) is 12.1. The normalized spacial score (nSPS) is 30.5. The highest BCUT2D eigenvalue weighted by atomic mass is 32.2. The van der Waals surface area contributed by atoms with Crippen LogP contribution in [0.1, 0.15) is 32.1 Å². The number of hydrogen-bond acceptors (Lipinski definition) is 4. The molecule has 0 radical (unpaired) electrons. The lowest BCUT2D eigenvalue weighted by Gasteiger charge is -2.30. The van der Waals surface area contributed by atoms with Gasteiger partial charge in [0.15, 0.2) is 0 Å². The third kappa shape index (κ3) is 3.71. The van der Waals surface area contributed by atoms with Crippen molar-refractivity contribution in [2.75, 3.05) is 25.1 Å². The molecule has 2 rings (SSSR count). The molecule has 0 aromatic rings. The molecule has 2 aliphatic heterocycles. The third-order valence-corrected chi connectivity index (χ3v) is 6.42. The van der Waals surface area contributed by atoms with E-state index in [0.717, 1.165) is 31.4 Å². The molecule has 4 nitrogen and oxygen atoms in total. The number of Topliss-reactive ketones (excluding diaryl/α,β-unsaturated/α-hetero) is 1. The van der Waals surface area contributed by atoms with Crippen LogP contribution in [0.4, 0.5) is 0 Å². The van der Waals surface area contributed by atoms with Crippen molar-refractivity contribution in [3.05, 3.63) is 0 Å². The Kier molecular flexibility index (Phi) is 4.72. The molecule has 2 fully saturated rings. The number of carbonyl (C=O) groups is 1. The Morgan fingerprint density at radius 3 is 2.72 bits per heavy atom. The molecule has 0 saturated carbocycles. The van der Waals surface area contributed by atoms with Gasteiger partial charge in [0.25, 0.3) is 0 Å². The van der Waals surface area contributed by atoms with Gasteiger partial charge in [-0.1, -0.05) is 0 Å². The van der Waals surface area contributed by atoms with Gasteiger partial charge in [-0.05, 0) is 37.4 Å². The van der Waals surface area contributed by atoms with Crippen molar-refractivity contribution in [2.45, 2.75) is 37.4 Å². The number of ketones is 1. The zero-order valence-corrected chi connectivity index (χ0v) is 12.4. The van der Waals surface area contributed by atoms with Crippen LogP contribution < -0.4 is 0 Å². The minimum absolute atomic E-state index is 0.179. The van der Waals surface area contributed by atoms with Gasteiger partial charge in [-0.25, -0.2) is 12.7 Å².